The Balaban J connectivity index is 2.07. The van der Waals surface area contributed by atoms with Crippen LogP contribution >= 0.6 is 11.3 Å². The summed E-state index contributed by atoms with van der Waals surface area (Å²) in [4.78, 5) is 16.3. The summed E-state index contributed by atoms with van der Waals surface area (Å²) in [6, 6.07) is 4.21. The smallest absolute Gasteiger partial charge is 0.257 e. The van der Waals surface area contributed by atoms with Crippen LogP contribution < -0.4 is 5.32 Å². The molecule has 0 radical (unpaired) electrons. The molecule has 2 rings (SSSR count). The minimum Gasteiger partial charge on any atom is -0.384 e. The maximum atomic E-state index is 12.7. The maximum Gasteiger partial charge on any atom is 0.257 e. The van der Waals surface area contributed by atoms with E-state index in [0.717, 1.165) is 6.20 Å². The molecule has 0 spiro atoms. The van der Waals surface area contributed by atoms with Crippen LogP contribution in [0.25, 0.3) is 0 Å². The van der Waals surface area contributed by atoms with Crippen molar-refractivity contribution in [3.63, 3.8) is 0 Å². The number of carbonyl (C=O) groups is 1. The van der Waals surface area contributed by atoms with E-state index in [1.54, 1.807) is 11.4 Å². The zero-order valence-corrected chi connectivity index (χ0v) is 10.5. The van der Waals surface area contributed by atoms with E-state index < -0.39 is 5.82 Å². The first-order valence-corrected chi connectivity index (χ1v) is 6.18. The number of aliphatic hydroxyl groups excluding tert-OH is 1. The van der Waals surface area contributed by atoms with E-state index >= 15 is 0 Å². The minimum atomic E-state index is -0.463. The van der Waals surface area contributed by atoms with E-state index in [1.165, 1.54) is 23.5 Å². The van der Waals surface area contributed by atoms with E-state index in [4.69, 9.17) is 5.11 Å². The average molecular weight is 276 g/mol. The Morgan fingerprint density at radius 2 is 2.37 bits per heavy atom. The van der Waals surface area contributed by atoms with Crippen molar-refractivity contribution < 1.29 is 14.3 Å². The Morgan fingerprint density at radius 3 is 3.05 bits per heavy atom. The number of hydrogen-bond acceptors (Lipinski definition) is 4. The van der Waals surface area contributed by atoms with Gasteiger partial charge in [-0.05, 0) is 18.2 Å². The van der Waals surface area contributed by atoms with Crippen LogP contribution in [0.15, 0.2) is 29.8 Å². The molecular formula is C13H9FN2O2S. The first-order valence-electron chi connectivity index (χ1n) is 5.30. The Morgan fingerprint density at radius 1 is 1.53 bits per heavy atom. The molecule has 0 saturated heterocycles. The van der Waals surface area contributed by atoms with Crippen LogP contribution in [0, 0.1) is 17.7 Å². The summed E-state index contributed by atoms with van der Waals surface area (Å²) in [5.41, 5.74) is 0.443. The predicted molar refractivity (Wildman–Crippen MR) is 70.4 cm³/mol. The quantitative estimate of drug-likeness (QED) is 0.823. The molecule has 1 amide bonds. The molecule has 0 unspecified atom stereocenters. The Hall–Kier alpha value is -2.23. The van der Waals surface area contributed by atoms with Crippen LogP contribution in [0.2, 0.25) is 0 Å². The molecular weight excluding hydrogens is 267 g/mol. The fourth-order valence-electron chi connectivity index (χ4n) is 1.29. The molecule has 0 fully saturated rings. The first kappa shape index (κ1) is 13.2. The van der Waals surface area contributed by atoms with E-state index in [2.05, 4.69) is 22.1 Å². The summed E-state index contributed by atoms with van der Waals surface area (Å²) in [5.74, 6) is 4.69. The fraction of sp³-hybridized carbons (Fsp3) is 0.0769. The molecule has 96 valence electrons. The van der Waals surface area contributed by atoms with Crippen molar-refractivity contribution in [1.29, 1.82) is 0 Å². The summed E-state index contributed by atoms with van der Waals surface area (Å²) < 4.78 is 12.7. The van der Waals surface area contributed by atoms with Crippen molar-refractivity contribution in [2.45, 2.75) is 0 Å². The first-order chi connectivity index (χ1) is 9.19. The average Bonchev–Trinajstić information content (AvgIpc) is 2.88. The summed E-state index contributed by atoms with van der Waals surface area (Å²) in [6.45, 7) is -0.223. The number of aliphatic hydroxyl groups is 1. The van der Waals surface area contributed by atoms with Gasteiger partial charge in [0.25, 0.3) is 5.91 Å². The van der Waals surface area contributed by atoms with Gasteiger partial charge in [0, 0.05) is 5.38 Å². The number of aromatic nitrogens is 1. The lowest BCUT2D eigenvalue weighted by Crippen LogP contribution is -2.11. The normalized spacial score (nSPS) is 9.58. The SMILES string of the molecule is O=C(Nc1ccc(F)cn1)c1csc(C#CCO)c1. The third kappa shape index (κ3) is 3.61. The van der Waals surface area contributed by atoms with Crippen molar-refractivity contribution in [2.24, 2.45) is 0 Å². The van der Waals surface area contributed by atoms with E-state index in [1.807, 2.05) is 0 Å². The van der Waals surface area contributed by atoms with Crippen molar-refractivity contribution in [1.82, 2.24) is 4.98 Å². The van der Waals surface area contributed by atoms with Gasteiger partial charge in [0.1, 0.15) is 18.2 Å². The molecule has 0 atom stereocenters. The lowest BCUT2D eigenvalue weighted by atomic mass is 10.3. The molecule has 0 aliphatic carbocycles. The van der Waals surface area contributed by atoms with E-state index in [-0.39, 0.29) is 18.3 Å². The molecule has 19 heavy (non-hydrogen) atoms. The maximum absolute atomic E-state index is 12.7. The number of carbonyl (C=O) groups excluding carboxylic acids is 1. The second-order valence-corrected chi connectivity index (χ2v) is 4.39. The molecule has 0 aromatic carbocycles. The summed E-state index contributed by atoms with van der Waals surface area (Å²) in [5, 5.41) is 12.8. The van der Waals surface area contributed by atoms with Crippen LogP contribution in [-0.4, -0.2) is 22.6 Å². The molecule has 6 heteroatoms. The Labute approximate surface area is 112 Å². The molecule has 0 bridgehead atoms. The predicted octanol–water partition coefficient (Wildman–Crippen LogP) is 1.88. The van der Waals surface area contributed by atoms with Gasteiger partial charge in [0.05, 0.1) is 16.6 Å². The number of amides is 1. The van der Waals surface area contributed by atoms with Crippen LogP contribution in [0.5, 0.6) is 0 Å². The molecule has 0 saturated carbocycles. The van der Waals surface area contributed by atoms with Crippen LogP contribution in [-0.2, 0) is 0 Å². The van der Waals surface area contributed by atoms with E-state index in [9.17, 15) is 9.18 Å². The van der Waals surface area contributed by atoms with Gasteiger partial charge in [0.15, 0.2) is 0 Å². The van der Waals surface area contributed by atoms with Gasteiger partial charge in [-0.1, -0.05) is 11.8 Å². The standard InChI is InChI=1S/C13H9FN2O2S/c14-10-3-4-12(15-7-10)16-13(18)9-6-11(19-8-9)2-1-5-17/h3-4,6-8,17H,5H2,(H,15,16,18). The highest BCUT2D eigenvalue weighted by Gasteiger charge is 2.09. The summed E-state index contributed by atoms with van der Waals surface area (Å²) >= 11 is 1.30. The van der Waals surface area contributed by atoms with Gasteiger partial charge in [-0.15, -0.1) is 11.3 Å². The third-order valence-corrected chi connectivity index (χ3v) is 2.97. The van der Waals surface area contributed by atoms with Crippen molar-refractivity contribution >= 4 is 23.1 Å². The number of nitrogens with zero attached hydrogens (tertiary/aromatic N) is 1. The van der Waals surface area contributed by atoms with Crippen molar-refractivity contribution in [3.05, 3.63) is 46.0 Å². The van der Waals surface area contributed by atoms with Gasteiger partial charge in [-0.2, -0.15) is 0 Å². The second kappa shape index (κ2) is 6.09. The Kier molecular flexibility index (Phi) is 4.23. The highest BCUT2D eigenvalue weighted by atomic mass is 32.1. The summed E-state index contributed by atoms with van der Waals surface area (Å²) in [6.07, 6.45) is 1.03. The topological polar surface area (TPSA) is 62.2 Å². The molecule has 2 aromatic rings. The number of hydrogen-bond donors (Lipinski definition) is 2. The minimum absolute atomic E-state index is 0.223. The van der Waals surface area contributed by atoms with Crippen LogP contribution in [0.4, 0.5) is 10.2 Å². The van der Waals surface area contributed by atoms with Crippen molar-refractivity contribution in [3.8, 4) is 11.8 Å². The van der Waals surface area contributed by atoms with Gasteiger partial charge < -0.3 is 10.4 Å². The fourth-order valence-corrected chi connectivity index (χ4v) is 2.04. The number of anilines is 1. The summed E-state index contributed by atoms with van der Waals surface area (Å²) in [7, 11) is 0. The number of nitrogens with one attached hydrogen (secondary N) is 1. The zero-order chi connectivity index (χ0) is 13.7. The second-order valence-electron chi connectivity index (χ2n) is 3.48. The molecule has 2 N–H and O–H groups in total. The lowest BCUT2D eigenvalue weighted by Gasteiger charge is -2.01. The van der Waals surface area contributed by atoms with Crippen LogP contribution in [0.1, 0.15) is 15.2 Å². The highest BCUT2D eigenvalue weighted by Crippen LogP contribution is 2.15. The van der Waals surface area contributed by atoms with Gasteiger partial charge >= 0.3 is 0 Å². The van der Waals surface area contributed by atoms with Crippen LogP contribution in [0.3, 0.4) is 0 Å². The van der Waals surface area contributed by atoms with Gasteiger partial charge in [0.2, 0.25) is 0 Å². The number of thiophene rings is 1. The largest absolute Gasteiger partial charge is 0.384 e. The Bertz CT molecular complexity index is 641. The highest BCUT2D eigenvalue weighted by molar-refractivity contribution is 7.10. The third-order valence-electron chi connectivity index (χ3n) is 2.12. The number of pyridine rings is 1. The van der Waals surface area contributed by atoms with Gasteiger partial charge in [-0.3, -0.25) is 4.79 Å². The lowest BCUT2D eigenvalue weighted by molar-refractivity contribution is 0.102. The van der Waals surface area contributed by atoms with Crippen molar-refractivity contribution in [2.75, 3.05) is 11.9 Å². The molecule has 4 nitrogen and oxygen atoms in total. The van der Waals surface area contributed by atoms with E-state index in [0.29, 0.717) is 10.4 Å². The van der Waals surface area contributed by atoms with Gasteiger partial charge in [-0.25, -0.2) is 9.37 Å². The molecule has 0 aliphatic rings. The molecule has 2 heterocycles. The molecule has 0 aliphatic heterocycles. The molecule has 2 aromatic heterocycles. The number of rotatable bonds is 2. The monoisotopic (exact) mass is 276 g/mol. The number of halogens is 1. The zero-order valence-electron chi connectivity index (χ0n) is 9.68.